The summed E-state index contributed by atoms with van der Waals surface area (Å²) in [5, 5.41) is 65.6. The molecule has 0 aliphatic heterocycles. The van der Waals surface area contributed by atoms with Gasteiger partial charge in [-0.1, -0.05) is 125 Å². The molecule has 20 heteroatoms. The molecule has 0 saturated carbocycles. The maximum atomic E-state index is 14.0. The maximum Gasteiger partial charge on any atom is 0.305 e. The number of benzene rings is 6. The van der Waals surface area contributed by atoms with Gasteiger partial charge < -0.3 is 66.8 Å². The number of anilines is 2. The summed E-state index contributed by atoms with van der Waals surface area (Å²) in [4.78, 5) is 50.0. The van der Waals surface area contributed by atoms with Crippen molar-refractivity contribution in [2.24, 2.45) is 0 Å². The number of halogens is 2. The Morgan fingerprint density at radius 3 is 1.00 bits per heavy atom. The van der Waals surface area contributed by atoms with Crippen LogP contribution in [0, 0.1) is 11.6 Å². The molecule has 0 unspecified atom stereocenters. The second kappa shape index (κ2) is 34.7. The van der Waals surface area contributed by atoms with Crippen LogP contribution in [0.4, 0.5) is 20.2 Å². The van der Waals surface area contributed by atoms with Crippen molar-refractivity contribution in [1.29, 1.82) is 0 Å². The Balaban J connectivity index is 0.000000430. The number of carboxylic acid groups (broad SMARTS) is 2. The van der Waals surface area contributed by atoms with Gasteiger partial charge in [0.25, 0.3) is 11.8 Å². The van der Waals surface area contributed by atoms with E-state index in [0.29, 0.717) is 56.1 Å². The number of nitrogens with zero attached hydrogens (tertiary/aromatic N) is 2. The second-order valence-electron chi connectivity index (χ2n) is 20.8. The summed E-state index contributed by atoms with van der Waals surface area (Å²) in [6, 6.07) is 49.6. The number of carboxylic acids is 2. The van der Waals surface area contributed by atoms with Crippen molar-refractivity contribution < 1.29 is 75.0 Å². The Hall–Kier alpha value is -7.40. The van der Waals surface area contributed by atoms with Gasteiger partial charge in [-0.15, -0.1) is 0 Å². The van der Waals surface area contributed by atoms with Crippen LogP contribution in [0.3, 0.4) is 0 Å². The Kier molecular flexibility index (Phi) is 29.4. The number of amides is 2. The number of carbonyl (C=O) groups excluding carboxylic acids is 2. The van der Waals surface area contributed by atoms with Gasteiger partial charge in [0.15, 0.2) is 0 Å². The largest absolute Gasteiger partial charge is 0.481 e. The number of para-hydroxylation sites is 2. The fraction of sp³-hybridized carbons (Fsp3) is 0.273. The summed E-state index contributed by atoms with van der Waals surface area (Å²) in [5.74, 6) is -3.87. The summed E-state index contributed by atoms with van der Waals surface area (Å²) >= 11 is 0. The van der Waals surface area contributed by atoms with E-state index in [-0.39, 0.29) is 128 Å². The summed E-state index contributed by atoms with van der Waals surface area (Å²) in [6.45, 7) is 8.50. The van der Waals surface area contributed by atoms with E-state index in [2.05, 4.69) is 10.6 Å². The third-order valence-corrected chi connectivity index (χ3v) is 13.9. The minimum Gasteiger partial charge on any atom is -0.481 e. The van der Waals surface area contributed by atoms with E-state index < -0.39 is 49.2 Å². The van der Waals surface area contributed by atoms with E-state index in [1.807, 2.05) is 158 Å². The van der Waals surface area contributed by atoms with E-state index in [1.165, 1.54) is 24.3 Å². The molecule has 8 aromatic rings. The molecule has 0 bridgehead atoms. The fourth-order valence-corrected chi connectivity index (χ4v) is 10.4. The molecular formula is C66H76CaF2N4O13. The predicted octanol–water partition coefficient (Wildman–Crippen LogP) is 9.77. The molecule has 0 aliphatic carbocycles. The molecule has 0 spiro atoms. The normalized spacial score (nSPS) is 12.1. The zero-order chi connectivity index (χ0) is 59.0. The topological polar surface area (TPSA) is 318 Å². The van der Waals surface area contributed by atoms with Gasteiger partial charge in [0, 0.05) is 84.7 Å². The number of carbonyl (C=O) groups is 4. The molecule has 0 fully saturated rings. The Bertz CT molecular complexity index is 3180. The van der Waals surface area contributed by atoms with Crippen molar-refractivity contribution in [2.45, 2.75) is 116 Å². The standard InChI is InChI=1S/2C33H35FN2O5.Ca.3H2O/c2*1-21(2)31-30(33(41)35-25-11-7-4-8-12-25)29(22-9-5-3-6-10-22)32(23-13-15-24(34)16-14-23)36(31)18-17-26(37)19-27(38)20-28(39)40;;;;/h2*3-16,21,26-27,37-38H,17-20H2,1-2H3,(H,35,41)(H,39,40);;3*1H2/t2*26-,27-;;;;/m11..../s1. The number of aliphatic hydroxyl groups excluding tert-OH is 4. The van der Waals surface area contributed by atoms with E-state index >= 15 is 0 Å². The molecule has 2 aromatic heterocycles. The second-order valence-corrected chi connectivity index (χ2v) is 20.8. The van der Waals surface area contributed by atoms with Gasteiger partial charge in [0.05, 0.1) is 59.8 Å². The number of aromatic nitrogens is 2. The van der Waals surface area contributed by atoms with Crippen molar-refractivity contribution in [3.05, 3.63) is 204 Å². The van der Waals surface area contributed by atoms with Crippen molar-refractivity contribution in [1.82, 2.24) is 9.13 Å². The molecule has 0 aliphatic rings. The van der Waals surface area contributed by atoms with Gasteiger partial charge in [-0.2, -0.15) is 0 Å². The Morgan fingerprint density at radius 2 is 0.721 bits per heavy atom. The Morgan fingerprint density at radius 1 is 0.430 bits per heavy atom. The van der Waals surface area contributed by atoms with E-state index in [4.69, 9.17) is 10.2 Å². The third-order valence-electron chi connectivity index (χ3n) is 13.9. The minimum atomic E-state index is -1.18. The van der Waals surface area contributed by atoms with Gasteiger partial charge >= 0.3 is 11.9 Å². The summed E-state index contributed by atoms with van der Waals surface area (Å²) < 4.78 is 32.0. The first kappa shape index (κ1) is 72.9. The number of hydrogen-bond donors (Lipinski definition) is 8. The van der Waals surface area contributed by atoms with Crippen molar-refractivity contribution in [3.8, 4) is 44.8 Å². The van der Waals surface area contributed by atoms with Gasteiger partial charge in [-0.05, 0) is 133 Å². The van der Waals surface area contributed by atoms with E-state index in [0.717, 1.165) is 22.5 Å². The Labute approximate surface area is 528 Å². The molecule has 2 heterocycles. The van der Waals surface area contributed by atoms with Crippen molar-refractivity contribution in [2.75, 3.05) is 10.6 Å². The smallest absolute Gasteiger partial charge is 0.305 e. The van der Waals surface area contributed by atoms with Crippen LogP contribution >= 0.6 is 0 Å². The molecular weight excluding hydrogens is 1130 g/mol. The first-order valence-corrected chi connectivity index (χ1v) is 27.3. The zero-order valence-electron chi connectivity index (χ0n) is 48.5. The van der Waals surface area contributed by atoms with Crippen LogP contribution in [0.1, 0.15) is 110 Å². The number of nitrogens with one attached hydrogen (secondary N) is 2. The average Bonchev–Trinajstić information content (AvgIpc) is 1.82. The third kappa shape index (κ3) is 19.3. The van der Waals surface area contributed by atoms with E-state index in [1.54, 1.807) is 24.3 Å². The molecule has 6 aromatic carbocycles. The molecule has 8 rings (SSSR count). The van der Waals surface area contributed by atoms with Crippen molar-refractivity contribution in [3.63, 3.8) is 0 Å². The van der Waals surface area contributed by atoms with Crippen LogP contribution in [-0.2, 0) is 22.7 Å². The number of aliphatic carboxylic acids is 2. The molecule has 0 saturated heterocycles. The monoisotopic (exact) mass is 1210 g/mol. The zero-order valence-corrected chi connectivity index (χ0v) is 50.7. The molecule has 14 N–H and O–H groups in total. The van der Waals surface area contributed by atoms with Crippen LogP contribution in [0.2, 0.25) is 0 Å². The van der Waals surface area contributed by atoms with Crippen LogP contribution in [-0.4, -0.2) is 142 Å². The molecule has 2 amide bonds. The van der Waals surface area contributed by atoms with Crippen LogP contribution in [0.5, 0.6) is 0 Å². The first-order valence-electron chi connectivity index (χ1n) is 27.3. The predicted molar refractivity (Wildman–Crippen MR) is 331 cm³/mol. The quantitative estimate of drug-likeness (QED) is 0.0265. The molecule has 2 radical (unpaired) electrons. The number of aliphatic hydroxyl groups is 4. The van der Waals surface area contributed by atoms with Gasteiger partial charge in [0.1, 0.15) is 11.6 Å². The number of rotatable bonds is 24. The molecule has 454 valence electrons. The average molecular weight is 1210 g/mol. The fourth-order valence-electron chi connectivity index (χ4n) is 10.4. The molecule has 86 heavy (non-hydrogen) atoms. The van der Waals surface area contributed by atoms with Crippen molar-refractivity contribution >= 4 is 72.9 Å². The minimum absolute atomic E-state index is 0. The first-order chi connectivity index (χ1) is 39.3. The van der Waals surface area contributed by atoms with Gasteiger partial charge in [-0.25, -0.2) is 8.78 Å². The summed E-state index contributed by atoms with van der Waals surface area (Å²) in [6.07, 6.45) is -5.01. The summed E-state index contributed by atoms with van der Waals surface area (Å²) in [7, 11) is 0. The van der Waals surface area contributed by atoms with E-state index in [9.17, 15) is 48.4 Å². The van der Waals surface area contributed by atoms with Crippen LogP contribution in [0.25, 0.3) is 44.8 Å². The number of hydrogen-bond acceptors (Lipinski definition) is 8. The van der Waals surface area contributed by atoms with Crippen LogP contribution in [0.15, 0.2) is 170 Å². The maximum absolute atomic E-state index is 14.0. The van der Waals surface area contributed by atoms with Gasteiger partial charge in [-0.3, -0.25) is 19.2 Å². The molecule has 17 nitrogen and oxygen atoms in total. The van der Waals surface area contributed by atoms with Gasteiger partial charge in [0.2, 0.25) is 0 Å². The SMILES string of the molecule is CC(C)c1c(C(=O)Nc2ccccc2)c(-c2ccccc2)c(-c2ccc(F)cc2)n1CC[C@@H](O)C[C@@H](O)CC(=O)O.CC(C)c1c(C(=O)Nc2ccccc2)c(-c2ccccc2)c(-c2ccc(F)cc2)n1CC[C@@H](O)C[C@@H](O)CC(=O)O.O.O.O.[Ca]. The van der Waals surface area contributed by atoms with Crippen LogP contribution < -0.4 is 10.6 Å². The summed E-state index contributed by atoms with van der Waals surface area (Å²) in [5.41, 5.74) is 9.55. The molecule has 4 atom stereocenters.